The number of hydrogen-bond donors (Lipinski definition) is 1. The van der Waals surface area contributed by atoms with Gasteiger partial charge in [-0.1, -0.05) is 11.6 Å². The van der Waals surface area contributed by atoms with E-state index in [4.69, 9.17) is 22.1 Å². The molecule has 20 heavy (non-hydrogen) atoms. The van der Waals surface area contributed by atoms with Crippen molar-refractivity contribution in [2.24, 2.45) is 0 Å². The van der Waals surface area contributed by atoms with Crippen molar-refractivity contribution < 1.29 is 14.3 Å². The van der Waals surface area contributed by atoms with Crippen molar-refractivity contribution in [1.29, 1.82) is 0 Å². The maximum Gasteiger partial charge on any atom is 0.337 e. The molecular formula is C14H11BrClNO3. The standard InChI is InChI=1S/C14H11BrClNO3/c1-19-14(18)8-2-4-13(11(17)6-8)20-12-5-3-9(16)7-10(12)15/h2-7H,17H2,1H3. The van der Waals surface area contributed by atoms with E-state index in [-0.39, 0.29) is 0 Å². The van der Waals surface area contributed by atoms with Gasteiger partial charge in [0.05, 0.1) is 22.8 Å². The van der Waals surface area contributed by atoms with Gasteiger partial charge >= 0.3 is 5.97 Å². The Morgan fingerprint density at radius 2 is 1.90 bits per heavy atom. The van der Waals surface area contributed by atoms with Crippen LogP contribution in [-0.2, 0) is 4.74 Å². The van der Waals surface area contributed by atoms with Crippen molar-refractivity contribution >= 4 is 39.2 Å². The predicted octanol–water partition coefficient (Wildman–Crippen LogP) is 4.26. The lowest BCUT2D eigenvalue weighted by molar-refractivity contribution is 0.0601. The number of halogens is 2. The summed E-state index contributed by atoms with van der Waals surface area (Å²) in [6, 6.07) is 9.85. The number of benzene rings is 2. The van der Waals surface area contributed by atoms with Gasteiger partial charge < -0.3 is 15.2 Å². The van der Waals surface area contributed by atoms with Gasteiger partial charge in [0.25, 0.3) is 0 Å². The molecule has 0 radical (unpaired) electrons. The number of methoxy groups -OCH3 is 1. The molecule has 2 N–H and O–H groups in total. The molecule has 0 atom stereocenters. The average molecular weight is 357 g/mol. The highest BCUT2D eigenvalue weighted by Gasteiger charge is 2.10. The Balaban J connectivity index is 2.28. The maximum atomic E-state index is 11.4. The van der Waals surface area contributed by atoms with Crippen molar-refractivity contribution in [1.82, 2.24) is 0 Å². The van der Waals surface area contributed by atoms with E-state index < -0.39 is 5.97 Å². The second-order valence-electron chi connectivity index (χ2n) is 3.92. The van der Waals surface area contributed by atoms with Gasteiger partial charge in [0, 0.05) is 5.02 Å². The third kappa shape index (κ3) is 3.23. The highest BCUT2D eigenvalue weighted by atomic mass is 79.9. The summed E-state index contributed by atoms with van der Waals surface area (Å²) in [6.07, 6.45) is 0. The smallest absolute Gasteiger partial charge is 0.337 e. The van der Waals surface area contributed by atoms with Crippen LogP contribution in [-0.4, -0.2) is 13.1 Å². The molecule has 6 heteroatoms. The van der Waals surface area contributed by atoms with Crippen molar-refractivity contribution in [3.63, 3.8) is 0 Å². The molecule has 104 valence electrons. The van der Waals surface area contributed by atoms with Crippen LogP contribution in [0.15, 0.2) is 40.9 Å². The largest absolute Gasteiger partial charge is 0.465 e. The number of ether oxygens (including phenoxy) is 2. The van der Waals surface area contributed by atoms with E-state index in [1.165, 1.54) is 13.2 Å². The van der Waals surface area contributed by atoms with Crippen LogP contribution in [0.25, 0.3) is 0 Å². The van der Waals surface area contributed by atoms with Crippen molar-refractivity contribution in [2.75, 3.05) is 12.8 Å². The van der Waals surface area contributed by atoms with Gasteiger partial charge in [0.1, 0.15) is 11.5 Å². The second kappa shape index (κ2) is 6.15. The SMILES string of the molecule is COC(=O)c1ccc(Oc2ccc(Cl)cc2Br)c(N)c1. The molecule has 4 nitrogen and oxygen atoms in total. The van der Waals surface area contributed by atoms with Gasteiger partial charge in [-0.05, 0) is 52.3 Å². The second-order valence-corrected chi connectivity index (χ2v) is 5.21. The van der Waals surface area contributed by atoms with E-state index >= 15 is 0 Å². The quantitative estimate of drug-likeness (QED) is 0.659. The maximum absolute atomic E-state index is 11.4. The molecule has 2 aromatic rings. The molecule has 0 aliphatic rings. The van der Waals surface area contributed by atoms with Gasteiger partial charge in [-0.3, -0.25) is 0 Å². The fourth-order valence-electron chi connectivity index (χ4n) is 1.56. The summed E-state index contributed by atoms with van der Waals surface area (Å²) in [7, 11) is 1.31. The molecule has 0 spiro atoms. The first-order valence-corrected chi connectivity index (χ1v) is 6.79. The lowest BCUT2D eigenvalue weighted by atomic mass is 10.2. The summed E-state index contributed by atoms with van der Waals surface area (Å²) in [4.78, 5) is 11.4. The van der Waals surface area contributed by atoms with E-state index in [0.29, 0.717) is 32.2 Å². The lowest BCUT2D eigenvalue weighted by Gasteiger charge is -2.11. The number of esters is 1. The minimum Gasteiger partial charge on any atom is -0.465 e. The predicted molar refractivity (Wildman–Crippen MR) is 81.4 cm³/mol. The first-order valence-electron chi connectivity index (χ1n) is 5.62. The van der Waals surface area contributed by atoms with Gasteiger partial charge in [-0.2, -0.15) is 0 Å². The Morgan fingerprint density at radius 3 is 2.50 bits per heavy atom. The lowest BCUT2D eigenvalue weighted by Crippen LogP contribution is -2.02. The van der Waals surface area contributed by atoms with Crippen LogP contribution in [0.3, 0.4) is 0 Å². The van der Waals surface area contributed by atoms with Crippen LogP contribution in [0, 0.1) is 0 Å². The van der Waals surface area contributed by atoms with Crippen LogP contribution >= 0.6 is 27.5 Å². The Bertz CT molecular complexity index is 661. The topological polar surface area (TPSA) is 61.5 Å². The Kier molecular flexibility index (Phi) is 4.52. The van der Waals surface area contributed by atoms with Crippen LogP contribution in [0.4, 0.5) is 5.69 Å². The third-order valence-electron chi connectivity index (χ3n) is 2.54. The molecule has 0 aliphatic carbocycles. The Hall–Kier alpha value is -1.72. The number of anilines is 1. The monoisotopic (exact) mass is 355 g/mol. The summed E-state index contributed by atoms with van der Waals surface area (Å²) in [5.41, 5.74) is 6.58. The molecule has 0 unspecified atom stereocenters. The van der Waals surface area contributed by atoms with Gasteiger partial charge in [-0.15, -0.1) is 0 Å². The van der Waals surface area contributed by atoms with Crippen molar-refractivity contribution in [3.05, 3.63) is 51.5 Å². The molecule has 2 rings (SSSR count). The van der Waals surface area contributed by atoms with E-state index in [1.807, 2.05) is 0 Å². The highest BCUT2D eigenvalue weighted by molar-refractivity contribution is 9.10. The molecule has 0 aromatic heterocycles. The third-order valence-corrected chi connectivity index (χ3v) is 3.40. The van der Waals surface area contributed by atoms with Gasteiger partial charge in [0.15, 0.2) is 0 Å². The fourth-order valence-corrected chi connectivity index (χ4v) is 2.33. The molecule has 2 aromatic carbocycles. The molecule has 0 saturated heterocycles. The summed E-state index contributed by atoms with van der Waals surface area (Å²) < 4.78 is 11.0. The number of rotatable bonds is 3. The summed E-state index contributed by atoms with van der Waals surface area (Å²) >= 11 is 9.21. The molecule has 0 bridgehead atoms. The normalized spacial score (nSPS) is 10.2. The van der Waals surface area contributed by atoms with E-state index in [2.05, 4.69) is 20.7 Å². The van der Waals surface area contributed by atoms with E-state index in [0.717, 1.165) is 0 Å². The van der Waals surface area contributed by atoms with Crippen LogP contribution in [0.5, 0.6) is 11.5 Å². The van der Waals surface area contributed by atoms with Crippen LogP contribution < -0.4 is 10.5 Å². The number of hydrogen-bond acceptors (Lipinski definition) is 4. The number of nitrogens with two attached hydrogens (primary N) is 1. The molecule has 0 saturated carbocycles. The Labute approximate surface area is 129 Å². The molecule has 0 fully saturated rings. The van der Waals surface area contributed by atoms with E-state index in [9.17, 15) is 4.79 Å². The first kappa shape index (κ1) is 14.7. The zero-order valence-electron chi connectivity index (χ0n) is 10.5. The number of carbonyl (C=O) groups excluding carboxylic acids is 1. The molecule has 0 aliphatic heterocycles. The zero-order valence-corrected chi connectivity index (χ0v) is 12.9. The zero-order chi connectivity index (χ0) is 14.7. The van der Waals surface area contributed by atoms with E-state index in [1.54, 1.807) is 30.3 Å². The summed E-state index contributed by atoms with van der Waals surface area (Å²) in [6.45, 7) is 0. The average Bonchev–Trinajstić information content (AvgIpc) is 2.42. The molecule has 0 amide bonds. The highest BCUT2D eigenvalue weighted by Crippen LogP contribution is 2.34. The minimum atomic E-state index is -0.448. The van der Waals surface area contributed by atoms with Gasteiger partial charge in [-0.25, -0.2) is 4.79 Å². The fraction of sp³-hybridized carbons (Fsp3) is 0.0714. The summed E-state index contributed by atoms with van der Waals surface area (Å²) in [5, 5.41) is 0.596. The molecule has 0 heterocycles. The minimum absolute atomic E-state index is 0.342. The summed E-state index contributed by atoms with van der Waals surface area (Å²) in [5.74, 6) is 0.573. The number of carbonyl (C=O) groups is 1. The van der Waals surface area contributed by atoms with Crippen LogP contribution in [0.1, 0.15) is 10.4 Å². The number of nitrogen functional groups attached to an aromatic ring is 1. The van der Waals surface area contributed by atoms with Crippen molar-refractivity contribution in [2.45, 2.75) is 0 Å². The first-order chi connectivity index (χ1) is 9.51. The molecular weight excluding hydrogens is 346 g/mol. The van der Waals surface area contributed by atoms with Gasteiger partial charge in [0.2, 0.25) is 0 Å². The van der Waals surface area contributed by atoms with Crippen LogP contribution in [0.2, 0.25) is 5.02 Å². The van der Waals surface area contributed by atoms with Crippen molar-refractivity contribution in [3.8, 4) is 11.5 Å². The Morgan fingerprint density at radius 1 is 1.20 bits per heavy atom.